The van der Waals surface area contributed by atoms with Gasteiger partial charge in [-0.3, -0.25) is 4.79 Å². The highest BCUT2D eigenvalue weighted by atomic mass is 16.5. The summed E-state index contributed by atoms with van der Waals surface area (Å²) < 4.78 is 13.2. The average Bonchev–Trinajstić information content (AvgIpc) is 3.33. The van der Waals surface area contributed by atoms with Gasteiger partial charge in [0.05, 0.1) is 30.9 Å². The molecule has 1 saturated heterocycles. The third kappa shape index (κ3) is 3.62. The second kappa shape index (κ2) is 8.38. The molecule has 0 N–H and O–H groups in total. The molecule has 158 valence electrons. The van der Waals surface area contributed by atoms with E-state index in [1.165, 1.54) is 0 Å². The van der Waals surface area contributed by atoms with Gasteiger partial charge in [0, 0.05) is 31.5 Å². The van der Waals surface area contributed by atoms with Crippen LogP contribution < -0.4 is 14.4 Å². The fourth-order valence-electron chi connectivity index (χ4n) is 4.16. The summed E-state index contributed by atoms with van der Waals surface area (Å²) in [4.78, 5) is 19.8. The summed E-state index contributed by atoms with van der Waals surface area (Å²) in [5.41, 5.74) is 2.87. The fraction of sp³-hybridized carbons (Fsp3) is 0.417. The number of imidazole rings is 1. The van der Waals surface area contributed by atoms with E-state index in [0.29, 0.717) is 30.4 Å². The van der Waals surface area contributed by atoms with Crippen LogP contribution in [0.3, 0.4) is 0 Å². The van der Waals surface area contributed by atoms with Crippen molar-refractivity contribution in [1.29, 1.82) is 0 Å². The van der Waals surface area contributed by atoms with Crippen molar-refractivity contribution in [3.05, 3.63) is 48.3 Å². The Morgan fingerprint density at radius 1 is 1.17 bits per heavy atom. The number of hydrogen-bond acceptors (Lipinski definition) is 4. The van der Waals surface area contributed by atoms with Crippen LogP contribution in [0.2, 0.25) is 0 Å². The second-order valence-electron chi connectivity index (χ2n) is 8.03. The Balaban J connectivity index is 1.71. The number of carbonyl (C=O) groups excluding carboxylic acids is 1. The number of amides is 1. The van der Waals surface area contributed by atoms with E-state index in [0.717, 1.165) is 35.5 Å². The Bertz CT molecular complexity index is 1060. The predicted octanol–water partition coefficient (Wildman–Crippen LogP) is 4.62. The molecule has 6 nitrogen and oxygen atoms in total. The van der Waals surface area contributed by atoms with Gasteiger partial charge in [-0.2, -0.15) is 0 Å². The molecule has 2 unspecified atom stereocenters. The van der Waals surface area contributed by atoms with E-state index in [2.05, 4.69) is 24.5 Å². The number of aromatic nitrogens is 2. The highest BCUT2D eigenvalue weighted by molar-refractivity contribution is 5.98. The monoisotopic (exact) mass is 407 g/mol. The molecule has 1 amide bonds. The summed E-state index contributed by atoms with van der Waals surface area (Å²) in [6, 6.07) is 13.8. The lowest BCUT2D eigenvalue weighted by Crippen LogP contribution is -2.25. The molecule has 6 heteroatoms. The standard InChI is InChI=1S/C24H29N3O3/c1-5-16(2)14-27-20-9-7-6-8-19(20)25-24(27)17-12-23(28)26(15-17)21-13-18(29-3)10-11-22(21)30-4/h6-11,13,16-17H,5,12,14-15H2,1-4H3. The molecule has 30 heavy (non-hydrogen) atoms. The minimum atomic E-state index is 0.0323. The summed E-state index contributed by atoms with van der Waals surface area (Å²) in [7, 11) is 3.24. The first-order valence-electron chi connectivity index (χ1n) is 10.5. The topological polar surface area (TPSA) is 56.6 Å². The molecule has 0 bridgehead atoms. The van der Waals surface area contributed by atoms with Gasteiger partial charge in [-0.1, -0.05) is 32.4 Å². The molecule has 1 aliphatic heterocycles. The summed E-state index contributed by atoms with van der Waals surface area (Å²) in [6.07, 6.45) is 1.53. The van der Waals surface area contributed by atoms with Gasteiger partial charge in [0.1, 0.15) is 17.3 Å². The number of para-hydroxylation sites is 2. The molecule has 1 aliphatic rings. The Kier molecular flexibility index (Phi) is 5.66. The van der Waals surface area contributed by atoms with Gasteiger partial charge in [-0.15, -0.1) is 0 Å². The molecule has 0 aliphatic carbocycles. The van der Waals surface area contributed by atoms with Crippen LogP contribution in [0.25, 0.3) is 11.0 Å². The van der Waals surface area contributed by atoms with Gasteiger partial charge < -0.3 is 18.9 Å². The van der Waals surface area contributed by atoms with Gasteiger partial charge in [-0.05, 0) is 30.2 Å². The van der Waals surface area contributed by atoms with E-state index in [4.69, 9.17) is 14.5 Å². The lowest BCUT2D eigenvalue weighted by molar-refractivity contribution is -0.117. The summed E-state index contributed by atoms with van der Waals surface area (Å²) in [5, 5.41) is 0. The van der Waals surface area contributed by atoms with Crippen LogP contribution >= 0.6 is 0 Å². The molecule has 2 atom stereocenters. The number of fused-ring (bicyclic) bond motifs is 1. The van der Waals surface area contributed by atoms with Crippen molar-refractivity contribution in [1.82, 2.24) is 9.55 Å². The van der Waals surface area contributed by atoms with Crippen molar-refractivity contribution in [2.75, 3.05) is 25.7 Å². The Labute approximate surface area is 177 Å². The van der Waals surface area contributed by atoms with Crippen molar-refractivity contribution in [3.8, 4) is 11.5 Å². The maximum atomic E-state index is 13.0. The largest absolute Gasteiger partial charge is 0.497 e. The first-order valence-corrected chi connectivity index (χ1v) is 10.5. The second-order valence-corrected chi connectivity index (χ2v) is 8.03. The number of methoxy groups -OCH3 is 2. The highest BCUT2D eigenvalue weighted by Gasteiger charge is 2.36. The van der Waals surface area contributed by atoms with E-state index < -0.39 is 0 Å². The van der Waals surface area contributed by atoms with Crippen molar-refractivity contribution in [3.63, 3.8) is 0 Å². The van der Waals surface area contributed by atoms with Crippen molar-refractivity contribution >= 4 is 22.6 Å². The minimum absolute atomic E-state index is 0.0323. The third-order valence-electron chi connectivity index (χ3n) is 6.04. The molecule has 0 saturated carbocycles. The number of rotatable bonds is 7. The minimum Gasteiger partial charge on any atom is -0.497 e. The molecule has 1 aromatic heterocycles. The smallest absolute Gasteiger partial charge is 0.227 e. The fourth-order valence-corrected chi connectivity index (χ4v) is 4.16. The number of benzene rings is 2. The maximum Gasteiger partial charge on any atom is 0.227 e. The number of ether oxygens (including phenoxy) is 2. The third-order valence-corrected chi connectivity index (χ3v) is 6.04. The summed E-state index contributed by atoms with van der Waals surface area (Å²) in [5.74, 6) is 3.00. The number of carbonyl (C=O) groups is 1. The van der Waals surface area contributed by atoms with Gasteiger partial charge in [0.2, 0.25) is 5.91 Å². The van der Waals surface area contributed by atoms with Gasteiger partial charge in [0.25, 0.3) is 0 Å². The zero-order chi connectivity index (χ0) is 21.3. The summed E-state index contributed by atoms with van der Waals surface area (Å²) in [6.45, 7) is 5.94. The molecule has 2 aromatic carbocycles. The van der Waals surface area contributed by atoms with Crippen LogP contribution in [0.1, 0.15) is 38.4 Å². The van der Waals surface area contributed by atoms with Crippen molar-refractivity contribution in [2.24, 2.45) is 5.92 Å². The molecule has 4 rings (SSSR count). The van der Waals surface area contributed by atoms with E-state index in [9.17, 15) is 4.79 Å². The quantitative estimate of drug-likeness (QED) is 0.573. The zero-order valence-corrected chi connectivity index (χ0v) is 18.1. The number of anilines is 1. The lowest BCUT2D eigenvalue weighted by atomic mass is 10.1. The zero-order valence-electron chi connectivity index (χ0n) is 18.1. The molecule has 3 aromatic rings. The van der Waals surface area contributed by atoms with Crippen LogP contribution in [-0.2, 0) is 11.3 Å². The maximum absolute atomic E-state index is 13.0. The van der Waals surface area contributed by atoms with Crippen molar-refractivity contribution in [2.45, 2.75) is 39.2 Å². The first kappa shape index (κ1) is 20.3. The van der Waals surface area contributed by atoms with Gasteiger partial charge in [0.15, 0.2) is 0 Å². The number of nitrogens with zero attached hydrogens (tertiary/aromatic N) is 3. The van der Waals surface area contributed by atoms with E-state index in [1.54, 1.807) is 19.1 Å². The van der Waals surface area contributed by atoms with Crippen LogP contribution in [0.15, 0.2) is 42.5 Å². The Hall–Kier alpha value is -3.02. The molecule has 1 fully saturated rings. The molecular formula is C24H29N3O3. The lowest BCUT2D eigenvalue weighted by Gasteiger charge is -2.21. The van der Waals surface area contributed by atoms with Crippen LogP contribution in [0.4, 0.5) is 5.69 Å². The van der Waals surface area contributed by atoms with E-state index >= 15 is 0 Å². The van der Waals surface area contributed by atoms with E-state index in [-0.39, 0.29) is 11.8 Å². The molecule has 0 radical (unpaired) electrons. The SMILES string of the molecule is CCC(C)Cn1c(C2CC(=O)N(c3cc(OC)ccc3OC)C2)nc2ccccc21. The average molecular weight is 408 g/mol. The van der Waals surface area contributed by atoms with Gasteiger partial charge >= 0.3 is 0 Å². The predicted molar refractivity (Wildman–Crippen MR) is 118 cm³/mol. The van der Waals surface area contributed by atoms with Crippen LogP contribution in [0.5, 0.6) is 11.5 Å². The van der Waals surface area contributed by atoms with Crippen LogP contribution in [0, 0.1) is 5.92 Å². The summed E-state index contributed by atoms with van der Waals surface area (Å²) >= 11 is 0. The molecule has 0 spiro atoms. The van der Waals surface area contributed by atoms with E-state index in [1.807, 2.05) is 36.4 Å². The Morgan fingerprint density at radius 3 is 2.70 bits per heavy atom. The molecule has 2 heterocycles. The normalized spacial score (nSPS) is 17.5. The Morgan fingerprint density at radius 2 is 1.97 bits per heavy atom. The molecular weight excluding hydrogens is 378 g/mol. The highest BCUT2D eigenvalue weighted by Crippen LogP contribution is 2.39. The van der Waals surface area contributed by atoms with Crippen LogP contribution in [-0.4, -0.2) is 36.2 Å². The first-order chi connectivity index (χ1) is 14.5. The number of hydrogen-bond donors (Lipinski definition) is 0. The van der Waals surface area contributed by atoms with Crippen molar-refractivity contribution < 1.29 is 14.3 Å². The van der Waals surface area contributed by atoms with Gasteiger partial charge in [-0.25, -0.2) is 4.98 Å².